The lowest BCUT2D eigenvalue weighted by atomic mass is 9.96. The van der Waals surface area contributed by atoms with Crippen molar-refractivity contribution in [1.82, 2.24) is 19.4 Å². The van der Waals surface area contributed by atoms with Crippen molar-refractivity contribution >= 4 is 27.5 Å². The fraction of sp³-hybridized carbons (Fsp3) is 0.389. The van der Waals surface area contributed by atoms with Crippen molar-refractivity contribution in [2.75, 3.05) is 5.32 Å². The van der Waals surface area contributed by atoms with Gasteiger partial charge in [0.25, 0.3) is 0 Å². The zero-order chi connectivity index (χ0) is 16.5. The Kier molecular flexibility index (Phi) is 4.22. The van der Waals surface area contributed by atoms with Gasteiger partial charge in [0.1, 0.15) is 5.65 Å². The Hall–Kier alpha value is -1.95. The van der Waals surface area contributed by atoms with E-state index in [1.165, 1.54) is 32.1 Å². The van der Waals surface area contributed by atoms with Gasteiger partial charge in [-0.05, 0) is 53.4 Å². The van der Waals surface area contributed by atoms with E-state index in [9.17, 15) is 0 Å². The molecule has 3 heterocycles. The van der Waals surface area contributed by atoms with Crippen LogP contribution >= 0.6 is 15.9 Å². The molecule has 5 nitrogen and oxygen atoms in total. The molecule has 1 saturated carbocycles. The van der Waals surface area contributed by atoms with Crippen molar-refractivity contribution in [2.24, 2.45) is 0 Å². The molecular weight excluding hydrogens is 366 g/mol. The Morgan fingerprint density at radius 2 is 1.96 bits per heavy atom. The van der Waals surface area contributed by atoms with E-state index in [0.29, 0.717) is 12.0 Å². The average molecular weight is 386 g/mol. The summed E-state index contributed by atoms with van der Waals surface area (Å²) in [6, 6.07) is 4.48. The number of hydrogen-bond acceptors (Lipinski definition) is 4. The van der Waals surface area contributed by atoms with E-state index in [1.54, 1.807) is 0 Å². The molecule has 0 aromatic carbocycles. The van der Waals surface area contributed by atoms with Crippen molar-refractivity contribution in [3.05, 3.63) is 40.8 Å². The minimum atomic E-state index is 0.491. The summed E-state index contributed by atoms with van der Waals surface area (Å²) in [5.41, 5.74) is 3.87. The van der Waals surface area contributed by atoms with E-state index in [4.69, 9.17) is 4.98 Å². The summed E-state index contributed by atoms with van der Waals surface area (Å²) in [4.78, 5) is 13.8. The van der Waals surface area contributed by atoms with E-state index in [0.717, 1.165) is 27.1 Å². The van der Waals surface area contributed by atoms with Gasteiger partial charge in [0.2, 0.25) is 5.95 Å². The fourth-order valence-electron chi connectivity index (χ4n) is 3.33. The first kappa shape index (κ1) is 15.6. The second-order valence-corrected chi connectivity index (χ2v) is 7.34. The van der Waals surface area contributed by atoms with Crippen LogP contribution in [0.25, 0.3) is 17.0 Å². The van der Waals surface area contributed by atoms with Gasteiger partial charge in [0, 0.05) is 22.9 Å². The maximum Gasteiger partial charge on any atom is 0.223 e. The summed E-state index contributed by atoms with van der Waals surface area (Å²) < 4.78 is 3.07. The van der Waals surface area contributed by atoms with Gasteiger partial charge in [-0.3, -0.25) is 4.40 Å². The number of imidazole rings is 1. The van der Waals surface area contributed by atoms with Gasteiger partial charge in [-0.2, -0.15) is 0 Å². The normalized spacial score (nSPS) is 15.8. The summed E-state index contributed by atoms with van der Waals surface area (Å²) in [5, 5.41) is 3.51. The van der Waals surface area contributed by atoms with E-state index in [-0.39, 0.29) is 0 Å². The molecule has 0 saturated heterocycles. The molecule has 4 rings (SSSR count). The zero-order valence-electron chi connectivity index (χ0n) is 13.7. The Balaban J connectivity index is 1.71. The number of aryl methyl sites for hydroxylation is 1. The lowest BCUT2D eigenvalue weighted by molar-refractivity contribution is 0.461. The van der Waals surface area contributed by atoms with Crippen molar-refractivity contribution < 1.29 is 0 Å². The second-order valence-electron chi connectivity index (χ2n) is 6.42. The Morgan fingerprint density at radius 1 is 1.12 bits per heavy atom. The van der Waals surface area contributed by atoms with Gasteiger partial charge in [-0.1, -0.05) is 19.3 Å². The topological polar surface area (TPSA) is 55.1 Å². The largest absolute Gasteiger partial charge is 0.351 e. The molecule has 0 amide bonds. The minimum absolute atomic E-state index is 0.491. The van der Waals surface area contributed by atoms with Crippen LogP contribution < -0.4 is 5.32 Å². The van der Waals surface area contributed by atoms with Crippen molar-refractivity contribution in [3.63, 3.8) is 0 Å². The molecule has 3 aromatic rings. The average Bonchev–Trinajstić information content (AvgIpc) is 3.00. The van der Waals surface area contributed by atoms with Crippen LogP contribution in [0, 0.1) is 6.92 Å². The number of anilines is 1. The van der Waals surface area contributed by atoms with E-state index < -0.39 is 0 Å². The number of halogens is 1. The number of fused-ring (bicyclic) bond motifs is 1. The highest BCUT2D eigenvalue weighted by atomic mass is 79.9. The van der Waals surface area contributed by atoms with Crippen LogP contribution in [0.3, 0.4) is 0 Å². The molecule has 0 radical (unpaired) electrons. The minimum Gasteiger partial charge on any atom is -0.351 e. The van der Waals surface area contributed by atoms with Gasteiger partial charge < -0.3 is 5.32 Å². The quantitative estimate of drug-likeness (QED) is 0.715. The smallest absolute Gasteiger partial charge is 0.223 e. The molecular formula is C18H20BrN5. The Morgan fingerprint density at radius 3 is 2.79 bits per heavy atom. The predicted molar refractivity (Wildman–Crippen MR) is 99.2 cm³/mol. The number of nitrogens with one attached hydrogen (secondary N) is 1. The number of aromatic nitrogens is 4. The second kappa shape index (κ2) is 6.51. The summed E-state index contributed by atoms with van der Waals surface area (Å²) in [5.74, 6) is 0.715. The first-order valence-electron chi connectivity index (χ1n) is 8.44. The molecule has 24 heavy (non-hydrogen) atoms. The first-order valence-corrected chi connectivity index (χ1v) is 9.23. The zero-order valence-corrected chi connectivity index (χ0v) is 15.3. The lowest BCUT2D eigenvalue weighted by Crippen LogP contribution is -2.23. The van der Waals surface area contributed by atoms with E-state index in [2.05, 4.69) is 35.6 Å². The first-order chi connectivity index (χ1) is 11.7. The molecule has 0 bridgehead atoms. The molecule has 1 aliphatic rings. The van der Waals surface area contributed by atoms with Gasteiger partial charge >= 0.3 is 0 Å². The summed E-state index contributed by atoms with van der Waals surface area (Å²) in [6.45, 7) is 2.04. The summed E-state index contributed by atoms with van der Waals surface area (Å²) in [7, 11) is 0. The third-order valence-corrected chi connectivity index (χ3v) is 5.09. The third kappa shape index (κ3) is 3.02. The van der Waals surface area contributed by atoms with Crippen LogP contribution in [0.15, 0.2) is 35.2 Å². The molecule has 1 aliphatic carbocycles. The lowest BCUT2D eigenvalue weighted by Gasteiger charge is -2.23. The van der Waals surface area contributed by atoms with Crippen molar-refractivity contribution in [2.45, 2.75) is 45.1 Å². The third-order valence-electron chi connectivity index (χ3n) is 4.62. The molecule has 124 valence electrons. The fourth-order valence-corrected chi connectivity index (χ4v) is 3.67. The van der Waals surface area contributed by atoms with E-state index in [1.807, 2.05) is 37.6 Å². The monoisotopic (exact) mass is 385 g/mol. The van der Waals surface area contributed by atoms with Crippen LogP contribution in [0.5, 0.6) is 0 Å². The number of pyridine rings is 1. The Bertz CT molecular complexity index is 867. The summed E-state index contributed by atoms with van der Waals surface area (Å²) in [6.07, 6.45) is 12.1. The van der Waals surface area contributed by atoms with Gasteiger partial charge in [-0.25, -0.2) is 15.0 Å². The SMILES string of the molecule is Cc1cnc(NC2CCCCC2)nc1-c1cnc2ccc(Br)cn12. The summed E-state index contributed by atoms with van der Waals surface area (Å²) >= 11 is 3.53. The number of rotatable bonds is 3. The highest BCUT2D eigenvalue weighted by Gasteiger charge is 2.16. The molecule has 0 atom stereocenters. The number of hydrogen-bond donors (Lipinski definition) is 1. The van der Waals surface area contributed by atoms with Crippen LogP contribution in [0.4, 0.5) is 5.95 Å². The molecule has 1 fully saturated rings. The molecule has 3 aromatic heterocycles. The van der Waals surface area contributed by atoms with Crippen LogP contribution in [-0.2, 0) is 0 Å². The van der Waals surface area contributed by atoms with Gasteiger partial charge in [-0.15, -0.1) is 0 Å². The maximum atomic E-state index is 4.79. The molecule has 6 heteroatoms. The highest BCUT2D eigenvalue weighted by Crippen LogP contribution is 2.26. The van der Waals surface area contributed by atoms with Crippen LogP contribution in [-0.4, -0.2) is 25.4 Å². The van der Waals surface area contributed by atoms with Crippen LogP contribution in [0.2, 0.25) is 0 Å². The predicted octanol–water partition coefficient (Wildman–Crippen LogP) is 4.61. The van der Waals surface area contributed by atoms with E-state index >= 15 is 0 Å². The molecule has 1 N–H and O–H groups in total. The van der Waals surface area contributed by atoms with Crippen molar-refractivity contribution in [3.8, 4) is 11.4 Å². The van der Waals surface area contributed by atoms with Gasteiger partial charge in [0.15, 0.2) is 0 Å². The molecule has 0 unspecified atom stereocenters. The Labute approximate surface area is 149 Å². The molecule has 0 aliphatic heterocycles. The molecule has 0 spiro atoms. The van der Waals surface area contributed by atoms with Gasteiger partial charge in [0.05, 0.1) is 17.6 Å². The van der Waals surface area contributed by atoms with Crippen molar-refractivity contribution in [1.29, 1.82) is 0 Å². The standard InChI is InChI=1S/C18H20BrN5/c1-12-9-21-18(22-14-5-3-2-4-6-14)23-17(12)15-10-20-16-8-7-13(19)11-24(15)16/h7-11,14H,2-6H2,1H3,(H,21,22,23). The maximum absolute atomic E-state index is 4.79. The highest BCUT2D eigenvalue weighted by molar-refractivity contribution is 9.10. The van der Waals surface area contributed by atoms with Crippen LogP contribution in [0.1, 0.15) is 37.7 Å². The number of nitrogens with zero attached hydrogens (tertiary/aromatic N) is 4.